The minimum Gasteiger partial charge on any atom is -0.497 e. The van der Waals surface area contributed by atoms with E-state index in [4.69, 9.17) is 9.47 Å². The molecule has 2 aromatic carbocycles. The number of aryl methyl sites for hydroxylation is 2. The minimum atomic E-state index is -0.425. The molecule has 6 heteroatoms. The molecule has 2 amide bonds. The molecule has 0 aliphatic heterocycles. The van der Waals surface area contributed by atoms with Gasteiger partial charge in [-0.05, 0) is 36.1 Å². The van der Waals surface area contributed by atoms with E-state index in [0.29, 0.717) is 17.2 Å². The van der Waals surface area contributed by atoms with E-state index in [9.17, 15) is 9.59 Å². The number of benzene rings is 2. The van der Waals surface area contributed by atoms with Gasteiger partial charge in [0.05, 0.1) is 19.9 Å². The standard InChI is InChI=1S/C21H26N2O4/c1-5-14-8-7-9-15(6-2)21(14)23-20(25)13-19(24)22-17-12-16(26-3)10-11-18(17)27-4/h7-12H,5-6,13H2,1-4H3,(H,22,24)(H,23,25). The topological polar surface area (TPSA) is 76.7 Å². The SMILES string of the molecule is CCc1cccc(CC)c1NC(=O)CC(=O)Nc1cc(OC)ccc1OC. The fraction of sp³-hybridized carbons (Fsp3) is 0.333. The lowest BCUT2D eigenvalue weighted by Gasteiger charge is -2.15. The van der Waals surface area contributed by atoms with E-state index >= 15 is 0 Å². The van der Waals surface area contributed by atoms with Gasteiger partial charge in [-0.1, -0.05) is 32.0 Å². The largest absolute Gasteiger partial charge is 0.497 e. The summed E-state index contributed by atoms with van der Waals surface area (Å²) in [6.45, 7) is 4.07. The predicted molar refractivity (Wildman–Crippen MR) is 107 cm³/mol. The van der Waals surface area contributed by atoms with Crippen LogP contribution in [-0.2, 0) is 22.4 Å². The van der Waals surface area contributed by atoms with E-state index in [1.165, 1.54) is 14.2 Å². The van der Waals surface area contributed by atoms with E-state index in [1.54, 1.807) is 18.2 Å². The Morgan fingerprint density at radius 2 is 1.52 bits per heavy atom. The normalized spacial score (nSPS) is 10.2. The molecule has 0 bridgehead atoms. The Labute approximate surface area is 159 Å². The van der Waals surface area contributed by atoms with Crippen molar-refractivity contribution >= 4 is 23.2 Å². The Balaban J connectivity index is 2.08. The smallest absolute Gasteiger partial charge is 0.233 e. The zero-order valence-corrected chi connectivity index (χ0v) is 16.2. The summed E-state index contributed by atoms with van der Waals surface area (Å²) in [4.78, 5) is 24.7. The van der Waals surface area contributed by atoms with Crippen molar-refractivity contribution in [2.45, 2.75) is 33.1 Å². The molecule has 0 heterocycles. The van der Waals surface area contributed by atoms with Crippen LogP contribution in [-0.4, -0.2) is 26.0 Å². The Hall–Kier alpha value is -3.02. The van der Waals surface area contributed by atoms with Gasteiger partial charge in [-0.25, -0.2) is 0 Å². The number of methoxy groups -OCH3 is 2. The van der Waals surface area contributed by atoms with E-state index in [-0.39, 0.29) is 12.3 Å². The molecular formula is C21H26N2O4. The number of para-hydroxylation sites is 1. The summed E-state index contributed by atoms with van der Waals surface area (Å²) < 4.78 is 10.4. The molecule has 0 radical (unpaired) electrons. The number of hydrogen-bond acceptors (Lipinski definition) is 4. The Morgan fingerprint density at radius 3 is 2.07 bits per heavy atom. The monoisotopic (exact) mass is 370 g/mol. The molecule has 0 spiro atoms. The van der Waals surface area contributed by atoms with Crippen molar-refractivity contribution in [2.75, 3.05) is 24.9 Å². The maximum atomic E-state index is 12.4. The summed E-state index contributed by atoms with van der Waals surface area (Å²) in [6, 6.07) is 11.0. The summed E-state index contributed by atoms with van der Waals surface area (Å²) >= 11 is 0. The van der Waals surface area contributed by atoms with E-state index in [0.717, 1.165) is 29.7 Å². The second kappa shape index (κ2) is 9.62. The molecule has 2 N–H and O–H groups in total. The minimum absolute atomic E-state index is 0.290. The van der Waals surface area contributed by atoms with Gasteiger partial charge in [0, 0.05) is 11.8 Å². The maximum absolute atomic E-state index is 12.4. The average molecular weight is 370 g/mol. The summed E-state index contributed by atoms with van der Waals surface area (Å²) in [5.41, 5.74) is 3.37. The van der Waals surface area contributed by atoms with Crippen LogP contribution in [0.25, 0.3) is 0 Å². The van der Waals surface area contributed by atoms with Crippen LogP contribution in [0.3, 0.4) is 0 Å². The number of hydrogen-bond donors (Lipinski definition) is 2. The third kappa shape index (κ3) is 5.23. The Kier molecular flexibility index (Phi) is 7.23. The number of amides is 2. The lowest BCUT2D eigenvalue weighted by atomic mass is 10.0. The molecule has 0 aromatic heterocycles. The lowest BCUT2D eigenvalue weighted by molar-refractivity contribution is -0.123. The Bertz CT molecular complexity index is 796. The third-order valence-electron chi connectivity index (χ3n) is 4.27. The second-order valence-corrected chi connectivity index (χ2v) is 6.00. The molecule has 6 nitrogen and oxygen atoms in total. The third-order valence-corrected chi connectivity index (χ3v) is 4.27. The van der Waals surface area contributed by atoms with Crippen molar-refractivity contribution in [2.24, 2.45) is 0 Å². The van der Waals surface area contributed by atoms with Crippen LogP contribution in [0.1, 0.15) is 31.4 Å². The Morgan fingerprint density at radius 1 is 0.889 bits per heavy atom. The number of nitrogens with one attached hydrogen (secondary N) is 2. The molecule has 27 heavy (non-hydrogen) atoms. The lowest BCUT2D eigenvalue weighted by Crippen LogP contribution is -2.22. The highest BCUT2D eigenvalue weighted by Crippen LogP contribution is 2.29. The van der Waals surface area contributed by atoms with Gasteiger partial charge in [-0.3, -0.25) is 9.59 Å². The number of carbonyl (C=O) groups excluding carboxylic acids is 2. The van der Waals surface area contributed by atoms with Gasteiger partial charge >= 0.3 is 0 Å². The molecule has 0 unspecified atom stereocenters. The van der Waals surface area contributed by atoms with E-state index in [1.807, 2.05) is 32.0 Å². The predicted octanol–water partition coefficient (Wildman–Crippen LogP) is 3.80. The van der Waals surface area contributed by atoms with Gasteiger partial charge in [0.25, 0.3) is 0 Å². The highest BCUT2D eigenvalue weighted by atomic mass is 16.5. The molecule has 0 fully saturated rings. The first-order valence-corrected chi connectivity index (χ1v) is 8.94. The molecule has 2 rings (SSSR count). The van der Waals surface area contributed by atoms with E-state index in [2.05, 4.69) is 10.6 Å². The average Bonchev–Trinajstić information content (AvgIpc) is 2.67. The highest BCUT2D eigenvalue weighted by Gasteiger charge is 2.15. The van der Waals surface area contributed by atoms with E-state index < -0.39 is 5.91 Å². The summed E-state index contributed by atoms with van der Waals surface area (Å²) in [6.07, 6.45) is 1.31. The van der Waals surface area contributed by atoms with Crippen LogP contribution in [0.15, 0.2) is 36.4 Å². The molecule has 0 atom stereocenters. The molecule has 0 aliphatic rings. The van der Waals surface area contributed by atoms with Crippen LogP contribution < -0.4 is 20.1 Å². The van der Waals surface area contributed by atoms with Gasteiger partial charge in [0.2, 0.25) is 11.8 Å². The van der Waals surface area contributed by atoms with Crippen molar-refractivity contribution in [3.05, 3.63) is 47.5 Å². The fourth-order valence-corrected chi connectivity index (χ4v) is 2.84. The highest BCUT2D eigenvalue weighted by molar-refractivity contribution is 6.08. The van der Waals surface area contributed by atoms with Gasteiger partial charge in [0.1, 0.15) is 17.9 Å². The quantitative estimate of drug-likeness (QED) is 0.693. The van der Waals surface area contributed by atoms with Crippen molar-refractivity contribution in [3.8, 4) is 11.5 Å². The van der Waals surface area contributed by atoms with Crippen molar-refractivity contribution in [1.82, 2.24) is 0 Å². The maximum Gasteiger partial charge on any atom is 0.233 e. The molecule has 144 valence electrons. The van der Waals surface area contributed by atoms with Crippen LogP contribution in [0.5, 0.6) is 11.5 Å². The van der Waals surface area contributed by atoms with Gasteiger partial charge in [-0.2, -0.15) is 0 Å². The van der Waals surface area contributed by atoms with Crippen LogP contribution >= 0.6 is 0 Å². The van der Waals surface area contributed by atoms with Crippen molar-refractivity contribution in [1.29, 1.82) is 0 Å². The van der Waals surface area contributed by atoms with Crippen molar-refractivity contribution in [3.63, 3.8) is 0 Å². The zero-order valence-electron chi connectivity index (χ0n) is 16.2. The number of anilines is 2. The number of rotatable bonds is 8. The molecule has 0 saturated heterocycles. The number of ether oxygens (including phenoxy) is 2. The van der Waals surface area contributed by atoms with Gasteiger partial charge < -0.3 is 20.1 Å². The first-order chi connectivity index (χ1) is 13.0. The summed E-state index contributed by atoms with van der Waals surface area (Å²) in [7, 11) is 3.05. The van der Waals surface area contributed by atoms with Gasteiger partial charge in [0.15, 0.2) is 0 Å². The summed E-state index contributed by atoms with van der Waals surface area (Å²) in [5, 5.41) is 5.60. The van der Waals surface area contributed by atoms with Crippen LogP contribution in [0.2, 0.25) is 0 Å². The first kappa shape index (κ1) is 20.3. The molecule has 0 saturated carbocycles. The fourth-order valence-electron chi connectivity index (χ4n) is 2.84. The second-order valence-electron chi connectivity index (χ2n) is 6.00. The number of carbonyl (C=O) groups is 2. The summed E-state index contributed by atoms with van der Waals surface area (Å²) in [5.74, 6) is 0.296. The van der Waals surface area contributed by atoms with Crippen molar-refractivity contribution < 1.29 is 19.1 Å². The molecule has 0 aliphatic carbocycles. The van der Waals surface area contributed by atoms with Gasteiger partial charge in [-0.15, -0.1) is 0 Å². The zero-order chi connectivity index (χ0) is 19.8. The van der Waals surface area contributed by atoms with Crippen LogP contribution in [0, 0.1) is 0 Å². The first-order valence-electron chi connectivity index (χ1n) is 8.94. The molecule has 2 aromatic rings. The van der Waals surface area contributed by atoms with Crippen LogP contribution in [0.4, 0.5) is 11.4 Å². The molecular weight excluding hydrogens is 344 g/mol.